The molecule has 0 bridgehead atoms. The normalized spacial score (nSPS) is 10.9. The molecule has 26 heavy (non-hydrogen) atoms. The fourth-order valence-corrected chi connectivity index (χ4v) is 3.20. The van der Waals surface area contributed by atoms with Crippen molar-refractivity contribution in [2.75, 3.05) is 6.61 Å². The van der Waals surface area contributed by atoms with Gasteiger partial charge in [0.15, 0.2) is 0 Å². The van der Waals surface area contributed by atoms with Gasteiger partial charge in [0.05, 0.1) is 12.6 Å². The lowest BCUT2D eigenvalue weighted by Crippen LogP contribution is -2.27. The lowest BCUT2D eigenvalue weighted by molar-refractivity contribution is 0.153. The zero-order chi connectivity index (χ0) is 19.3. The van der Waals surface area contributed by atoms with E-state index in [1.54, 1.807) is 6.08 Å². The fourth-order valence-electron chi connectivity index (χ4n) is 3.20. The molecule has 3 heteroatoms. The van der Waals surface area contributed by atoms with Crippen LogP contribution in [0.15, 0.2) is 12.7 Å². The first kappa shape index (κ1) is 25.0. The largest absolute Gasteiger partial charge is 0.450 e. The molecule has 0 heterocycles. The Bertz CT molecular complexity index is 317. The van der Waals surface area contributed by atoms with Crippen LogP contribution in [-0.4, -0.2) is 12.7 Å². The quantitative estimate of drug-likeness (QED) is 0.238. The summed E-state index contributed by atoms with van der Waals surface area (Å²) >= 11 is 0. The molecule has 0 aliphatic rings. The van der Waals surface area contributed by atoms with Crippen LogP contribution >= 0.6 is 0 Å². The first-order valence-corrected chi connectivity index (χ1v) is 11.2. The first-order chi connectivity index (χ1) is 12.7. The predicted octanol–water partition coefficient (Wildman–Crippen LogP) is 7.71. The minimum absolute atomic E-state index is 0.372. The number of nitrogens with one attached hydrogen (secondary N) is 1. The number of carbonyl (C=O) groups excluding carboxylic acids is 1. The molecule has 0 fully saturated rings. The molecular formula is C23H44NO2. The molecule has 0 aliphatic heterocycles. The Kier molecular flexibility index (Phi) is 19.5. The maximum Gasteiger partial charge on any atom is 0.407 e. The molecule has 153 valence electrons. The Morgan fingerprint density at radius 1 is 0.769 bits per heavy atom. The van der Waals surface area contributed by atoms with Gasteiger partial charge in [0.25, 0.3) is 0 Å². The van der Waals surface area contributed by atoms with Crippen LogP contribution in [0.25, 0.3) is 0 Å². The minimum Gasteiger partial charge on any atom is -0.450 e. The molecule has 0 saturated carbocycles. The zero-order valence-corrected chi connectivity index (χ0v) is 17.6. The van der Waals surface area contributed by atoms with E-state index in [0.717, 1.165) is 18.9 Å². The standard InChI is InChI=1S/C23H44NO2/c1-4-7-8-9-10-11-12-13-14-15-16-17-18-19-20-21-22(5-2)24-23(25)26-6-3/h5H,2,4,6-21H2,1,3H3,(H,24,25). The smallest absolute Gasteiger partial charge is 0.407 e. The van der Waals surface area contributed by atoms with Crippen molar-refractivity contribution in [2.45, 2.75) is 117 Å². The Balaban J connectivity index is 3.27. The van der Waals surface area contributed by atoms with Crippen LogP contribution in [-0.2, 0) is 4.74 Å². The Hall–Kier alpha value is -0.990. The van der Waals surface area contributed by atoms with Crippen LogP contribution in [0.3, 0.4) is 0 Å². The number of hydrogen-bond acceptors (Lipinski definition) is 2. The van der Waals surface area contributed by atoms with Crippen molar-refractivity contribution in [1.82, 2.24) is 5.32 Å². The molecular weight excluding hydrogens is 322 g/mol. The zero-order valence-electron chi connectivity index (χ0n) is 17.6. The second-order valence-corrected chi connectivity index (χ2v) is 7.27. The van der Waals surface area contributed by atoms with Crippen molar-refractivity contribution >= 4 is 6.09 Å². The van der Waals surface area contributed by atoms with Crippen molar-refractivity contribution < 1.29 is 9.53 Å². The van der Waals surface area contributed by atoms with Crippen LogP contribution < -0.4 is 5.32 Å². The van der Waals surface area contributed by atoms with Gasteiger partial charge in [-0.25, -0.2) is 4.79 Å². The molecule has 0 unspecified atom stereocenters. The van der Waals surface area contributed by atoms with Crippen molar-refractivity contribution in [3.63, 3.8) is 0 Å². The van der Waals surface area contributed by atoms with Crippen molar-refractivity contribution in [3.05, 3.63) is 18.7 Å². The van der Waals surface area contributed by atoms with E-state index in [0.29, 0.717) is 6.61 Å². The van der Waals surface area contributed by atoms with E-state index in [4.69, 9.17) is 4.74 Å². The summed E-state index contributed by atoms with van der Waals surface area (Å²) in [6.45, 7) is 8.24. The van der Waals surface area contributed by atoms with Crippen molar-refractivity contribution in [1.29, 1.82) is 0 Å². The van der Waals surface area contributed by atoms with Crippen molar-refractivity contribution in [3.8, 4) is 0 Å². The van der Waals surface area contributed by atoms with Crippen LogP contribution in [0, 0.1) is 6.04 Å². The monoisotopic (exact) mass is 366 g/mol. The van der Waals surface area contributed by atoms with Gasteiger partial charge in [-0.1, -0.05) is 109 Å². The van der Waals surface area contributed by atoms with Gasteiger partial charge in [0.2, 0.25) is 0 Å². The first-order valence-electron chi connectivity index (χ1n) is 11.2. The number of ether oxygens (including phenoxy) is 1. The van der Waals surface area contributed by atoms with Crippen LogP contribution in [0.1, 0.15) is 117 Å². The molecule has 1 radical (unpaired) electrons. The van der Waals surface area contributed by atoms with Gasteiger partial charge in [-0.2, -0.15) is 0 Å². The number of carbonyl (C=O) groups is 1. The number of alkyl carbamates (subject to hydrolysis) is 1. The number of hydrogen-bond donors (Lipinski definition) is 1. The molecule has 0 saturated heterocycles. The third-order valence-electron chi connectivity index (χ3n) is 4.83. The van der Waals surface area contributed by atoms with Crippen LogP contribution in [0.4, 0.5) is 4.79 Å². The van der Waals surface area contributed by atoms with Crippen LogP contribution in [0.2, 0.25) is 0 Å². The molecule has 0 spiro atoms. The molecule has 0 rings (SSSR count). The lowest BCUT2D eigenvalue weighted by atomic mass is 10.0. The highest BCUT2D eigenvalue weighted by Gasteiger charge is 2.09. The van der Waals surface area contributed by atoms with Gasteiger partial charge in [-0.3, -0.25) is 0 Å². The van der Waals surface area contributed by atoms with Gasteiger partial charge < -0.3 is 10.1 Å². The summed E-state index contributed by atoms with van der Waals surface area (Å²) in [4.78, 5) is 11.4. The summed E-state index contributed by atoms with van der Waals surface area (Å²) < 4.78 is 4.88. The van der Waals surface area contributed by atoms with E-state index in [2.05, 4.69) is 18.8 Å². The second kappa shape index (κ2) is 20.3. The number of rotatable bonds is 19. The van der Waals surface area contributed by atoms with Crippen molar-refractivity contribution in [2.24, 2.45) is 0 Å². The topological polar surface area (TPSA) is 38.3 Å². The second-order valence-electron chi connectivity index (χ2n) is 7.27. The van der Waals surface area contributed by atoms with E-state index >= 15 is 0 Å². The minimum atomic E-state index is -0.372. The molecule has 0 aromatic heterocycles. The van der Waals surface area contributed by atoms with Gasteiger partial charge in [0.1, 0.15) is 0 Å². The third kappa shape index (κ3) is 17.8. The van der Waals surface area contributed by atoms with E-state index in [9.17, 15) is 4.79 Å². The van der Waals surface area contributed by atoms with Gasteiger partial charge in [-0.15, -0.1) is 6.58 Å². The average Bonchev–Trinajstić information content (AvgIpc) is 2.64. The maximum atomic E-state index is 11.4. The highest BCUT2D eigenvalue weighted by Crippen LogP contribution is 2.15. The molecule has 1 N–H and O–H groups in total. The Morgan fingerprint density at radius 3 is 1.58 bits per heavy atom. The summed E-state index contributed by atoms with van der Waals surface area (Å²) in [6, 6.07) is 0.873. The molecule has 1 amide bonds. The molecule has 0 aromatic carbocycles. The summed E-state index contributed by atoms with van der Waals surface area (Å²) in [5.74, 6) is 0. The predicted molar refractivity (Wildman–Crippen MR) is 113 cm³/mol. The molecule has 0 atom stereocenters. The van der Waals surface area contributed by atoms with Gasteiger partial charge in [0, 0.05) is 0 Å². The van der Waals surface area contributed by atoms with E-state index in [-0.39, 0.29) is 6.09 Å². The average molecular weight is 367 g/mol. The molecule has 3 nitrogen and oxygen atoms in total. The Labute approximate surface area is 163 Å². The van der Waals surface area contributed by atoms with E-state index < -0.39 is 0 Å². The molecule has 0 aliphatic carbocycles. The summed E-state index contributed by atoms with van der Waals surface area (Å²) in [7, 11) is 0. The maximum absolute atomic E-state index is 11.4. The van der Waals surface area contributed by atoms with Crippen LogP contribution in [0.5, 0.6) is 0 Å². The van der Waals surface area contributed by atoms with Gasteiger partial charge in [-0.05, 0) is 13.3 Å². The lowest BCUT2D eigenvalue weighted by Gasteiger charge is -2.13. The number of unbranched alkanes of at least 4 members (excludes halogenated alkanes) is 14. The summed E-state index contributed by atoms with van der Waals surface area (Å²) in [5, 5.41) is 2.75. The third-order valence-corrected chi connectivity index (χ3v) is 4.83. The fraction of sp³-hybridized carbons (Fsp3) is 0.826. The van der Waals surface area contributed by atoms with E-state index in [1.165, 1.54) is 89.9 Å². The summed E-state index contributed by atoms with van der Waals surface area (Å²) in [5.41, 5.74) is 0. The van der Waals surface area contributed by atoms with E-state index in [1.807, 2.05) is 6.92 Å². The number of amides is 1. The summed E-state index contributed by atoms with van der Waals surface area (Å²) in [6.07, 6.45) is 22.7. The van der Waals surface area contributed by atoms with Gasteiger partial charge >= 0.3 is 6.09 Å². The SMILES string of the molecule is C=C[C](CCCCCCCCCCCCCCCCC)NC(=O)OCC. The Morgan fingerprint density at radius 2 is 1.19 bits per heavy atom. The highest BCUT2D eigenvalue weighted by molar-refractivity contribution is 5.69. The highest BCUT2D eigenvalue weighted by atomic mass is 16.5. The molecule has 0 aromatic rings.